The summed E-state index contributed by atoms with van der Waals surface area (Å²) in [5.41, 5.74) is 0. The Bertz CT molecular complexity index is 558. The first-order chi connectivity index (χ1) is 12.5. The summed E-state index contributed by atoms with van der Waals surface area (Å²) in [6, 6.07) is 0. The molecule has 0 unspecified atom stereocenters. The highest BCUT2D eigenvalue weighted by molar-refractivity contribution is 5.68. The van der Waals surface area contributed by atoms with Gasteiger partial charge in [0, 0.05) is 27.7 Å². The Hall–Kier alpha value is -2.20. The number of carbonyl (C=O) groups is 4. The van der Waals surface area contributed by atoms with E-state index in [9.17, 15) is 19.2 Å². The Labute approximate surface area is 157 Å². The highest BCUT2D eigenvalue weighted by Gasteiger charge is 2.52. The number of ether oxygens (including phenoxy) is 6. The lowest BCUT2D eigenvalue weighted by molar-refractivity contribution is -0.314. The van der Waals surface area contributed by atoms with Gasteiger partial charge in [-0.1, -0.05) is 0 Å². The summed E-state index contributed by atoms with van der Waals surface area (Å²) in [5.74, 6) is -2.62. The van der Waals surface area contributed by atoms with Crippen LogP contribution < -0.4 is 0 Å². The van der Waals surface area contributed by atoms with Gasteiger partial charge < -0.3 is 28.4 Å². The van der Waals surface area contributed by atoms with Gasteiger partial charge >= 0.3 is 23.9 Å². The monoisotopic (exact) mass is 390 g/mol. The van der Waals surface area contributed by atoms with E-state index in [4.69, 9.17) is 28.4 Å². The minimum atomic E-state index is -1.21. The van der Waals surface area contributed by atoms with E-state index in [0.29, 0.717) is 0 Å². The van der Waals surface area contributed by atoms with Crippen LogP contribution in [0.25, 0.3) is 0 Å². The molecule has 1 saturated heterocycles. The molecule has 5 atom stereocenters. The number of esters is 4. The zero-order valence-electron chi connectivity index (χ0n) is 16.3. The van der Waals surface area contributed by atoms with E-state index in [-0.39, 0.29) is 12.7 Å². The molecule has 10 nitrogen and oxygen atoms in total. The van der Waals surface area contributed by atoms with E-state index in [2.05, 4.69) is 0 Å². The smallest absolute Gasteiger partial charge is 0.303 e. The molecule has 1 aliphatic rings. The minimum Gasteiger partial charge on any atom is -0.463 e. The van der Waals surface area contributed by atoms with E-state index in [0.717, 1.165) is 13.8 Å². The van der Waals surface area contributed by atoms with Gasteiger partial charge in [0.15, 0.2) is 24.6 Å². The molecule has 154 valence electrons. The largest absolute Gasteiger partial charge is 0.463 e. The Balaban J connectivity index is 3.27. The molecule has 0 bridgehead atoms. The van der Waals surface area contributed by atoms with Crippen molar-refractivity contribution in [2.24, 2.45) is 0 Å². The average Bonchev–Trinajstić information content (AvgIpc) is 2.49. The molecule has 27 heavy (non-hydrogen) atoms. The number of hydrogen-bond donors (Lipinski definition) is 0. The van der Waals surface area contributed by atoms with Crippen molar-refractivity contribution in [2.45, 2.75) is 78.4 Å². The molecule has 0 N–H and O–H groups in total. The normalized spacial score (nSPS) is 27.6. The molecule has 0 aromatic heterocycles. The minimum absolute atomic E-state index is 0.282. The third-order valence-corrected chi connectivity index (χ3v) is 3.35. The topological polar surface area (TPSA) is 124 Å². The van der Waals surface area contributed by atoms with Gasteiger partial charge in [-0.05, 0) is 13.8 Å². The maximum absolute atomic E-state index is 11.6. The summed E-state index contributed by atoms with van der Waals surface area (Å²) >= 11 is 0. The molecular weight excluding hydrogens is 364 g/mol. The molecule has 1 heterocycles. The predicted octanol–water partition coefficient (Wildman–Crippen LogP) is 0.495. The zero-order valence-corrected chi connectivity index (χ0v) is 16.3. The molecule has 1 aliphatic heterocycles. The third kappa shape index (κ3) is 7.51. The van der Waals surface area contributed by atoms with Crippen LogP contribution in [0.1, 0.15) is 41.5 Å². The Kier molecular flexibility index (Phi) is 8.64. The highest BCUT2D eigenvalue weighted by atomic mass is 16.7. The molecule has 10 heteroatoms. The van der Waals surface area contributed by atoms with Crippen LogP contribution in [-0.2, 0) is 47.6 Å². The molecule has 0 radical (unpaired) electrons. The van der Waals surface area contributed by atoms with Crippen LogP contribution in [-0.4, -0.2) is 67.3 Å². The van der Waals surface area contributed by atoms with Crippen LogP contribution in [0.15, 0.2) is 0 Å². The number of hydrogen-bond acceptors (Lipinski definition) is 10. The fourth-order valence-electron chi connectivity index (χ4n) is 2.57. The molecule has 1 fully saturated rings. The van der Waals surface area contributed by atoms with Crippen molar-refractivity contribution >= 4 is 23.9 Å². The summed E-state index contributed by atoms with van der Waals surface area (Å²) in [5, 5.41) is 0. The second kappa shape index (κ2) is 10.2. The van der Waals surface area contributed by atoms with Crippen LogP contribution in [0.3, 0.4) is 0 Å². The summed E-state index contributed by atoms with van der Waals surface area (Å²) in [6.45, 7) is 7.87. The van der Waals surface area contributed by atoms with Crippen LogP contribution in [0, 0.1) is 0 Å². The fraction of sp³-hybridized carbons (Fsp3) is 0.765. The Morgan fingerprint density at radius 3 is 1.70 bits per heavy atom. The maximum Gasteiger partial charge on any atom is 0.303 e. The molecule has 0 aromatic rings. The molecular formula is C17H26O10. The van der Waals surface area contributed by atoms with E-state index in [1.807, 2.05) is 0 Å². The molecule has 0 aromatic carbocycles. The molecule has 0 saturated carbocycles. The van der Waals surface area contributed by atoms with Crippen LogP contribution >= 0.6 is 0 Å². The van der Waals surface area contributed by atoms with Crippen molar-refractivity contribution in [2.75, 3.05) is 6.61 Å². The first-order valence-corrected chi connectivity index (χ1v) is 8.47. The molecule has 0 spiro atoms. The van der Waals surface area contributed by atoms with Gasteiger partial charge in [-0.25, -0.2) is 0 Å². The SMILES string of the molecule is CC(=O)OC[C@H]1O[C@H](OC(C)C)[C@@H](OC(C)=O)[C@@H](OC(C)=O)[C@@H]1OC(C)=O. The molecule has 0 amide bonds. The van der Waals surface area contributed by atoms with Crippen molar-refractivity contribution in [1.82, 2.24) is 0 Å². The first-order valence-electron chi connectivity index (χ1n) is 8.47. The summed E-state index contributed by atoms with van der Waals surface area (Å²) in [4.78, 5) is 45.9. The van der Waals surface area contributed by atoms with Gasteiger partial charge in [-0.15, -0.1) is 0 Å². The van der Waals surface area contributed by atoms with E-state index in [1.54, 1.807) is 13.8 Å². The van der Waals surface area contributed by atoms with Crippen molar-refractivity contribution in [3.05, 3.63) is 0 Å². The zero-order chi connectivity index (χ0) is 20.7. The molecule has 0 aliphatic carbocycles. The van der Waals surface area contributed by atoms with Gasteiger partial charge in [-0.3, -0.25) is 19.2 Å². The van der Waals surface area contributed by atoms with Crippen molar-refractivity contribution < 1.29 is 47.6 Å². The lowest BCUT2D eigenvalue weighted by Crippen LogP contribution is -2.63. The van der Waals surface area contributed by atoms with Crippen LogP contribution in [0.4, 0.5) is 0 Å². The van der Waals surface area contributed by atoms with Crippen molar-refractivity contribution in [3.63, 3.8) is 0 Å². The average molecular weight is 390 g/mol. The lowest BCUT2D eigenvalue weighted by Gasteiger charge is -2.44. The van der Waals surface area contributed by atoms with Crippen LogP contribution in [0.2, 0.25) is 0 Å². The van der Waals surface area contributed by atoms with Gasteiger partial charge in [0.05, 0.1) is 6.10 Å². The van der Waals surface area contributed by atoms with E-state index >= 15 is 0 Å². The third-order valence-electron chi connectivity index (χ3n) is 3.35. The highest BCUT2D eigenvalue weighted by Crippen LogP contribution is 2.30. The summed E-state index contributed by atoms with van der Waals surface area (Å²) in [6.07, 6.45) is -6.05. The second-order valence-electron chi connectivity index (χ2n) is 6.25. The van der Waals surface area contributed by atoms with Gasteiger partial charge in [-0.2, -0.15) is 0 Å². The van der Waals surface area contributed by atoms with Gasteiger partial charge in [0.2, 0.25) is 0 Å². The fourth-order valence-corrected chi connectivity index (χ4v) is 2.57. The summed E-state index contributed by atoms with van der Waals surface area (Å²) in [7, 11) is 0. The van der Waals surface area contributed by atoms with Crippen LogP contribution in [0.5, 0.6) is 0 Å². The lowest BCUT2D eigenvalue weighted by atomic mass is 9.98. The summed E-state index contributed by atoms with van der Waals surface area (Å²) < 4.78 is 32.1. The van der Waals surface area contributed by atoms with E-state index < -0.39 is 54.6 Å². The molecule has 1 rings (SSSR count). The Morgan fingerprint density at radius 1 is 0.778 bits per heavy atom. The predicted molar refractivity (Wildman–Crippen MR) is 88.2 cm³/mol. The maximum atomic E-state index is 11.6. The van der Waals surface area contributed by atoms with Crippen molar-refractivity contribution in [3.8, 4) is 0 Å². The van der Waals surface area contributed by atoms with E-state index in [1.165, 1.54) is 13.8 Å². The number of rotatable bonds is 7. The van der Waals surface area contributed by atoms with Gasteiger partial charge in [0.25, 0.3) is 0 Å². The van der Waals surface area contributed by atoms with Gasteiger partial charge in [0.1, 0.15) is 12.7 Å². The van der Waals surface area contributed by atoms with Crippen molar-refractivity contribution in [1.29, 1.82) is 0 Å². The number of carbonyl (C=O) groups excluding carboxylic acids is 4. The Morgan fingerprint density at radius 2 is 1.26 bits per heavy atom. The standard InChI is InChI=1S/C17H26O10/c1-8(2)23-17-16(26-12(6)21)15(25-11(5)20)14(24-10(4)19)13(27-17)7-22-9(3)18/h8,13-17H,7H2,1-6H3/t13-,14-,15+,16+,17+/m1/s1. The quantitative estimate of drug-likeness (QED) is 0.448. The second-order valence-corrected chi connectivity index (χ2v) is 6.25. The first kappa shape index (κ1) is 22.8.